The summed E-state index contributed by atoms with van der Waals surface area (Å²) in [4.78, 5) is 0. The molecule has 1 aromatic carbocycles. The molecule has 0 bridgehead atoms. The molecule has 0 radical (unpaired) electrons. The minimum atomic E-state index is -0.448. The SMILES string of the molecule is CC(NCc1ccon1)c1cc(F)ccc1F. The number of nitrogens with zero attached hydrogens (tertiary/aromatic N) is 1. The standard InChI is InChI=1S/C12H12F2N2O/c1-8(15-7-10-4-5-17-16-10)11-6-9(13)2-3-12(11)14/h2-6,8,15H,7H2,1H3. The first-order valence-corrected chi connectivity index (χ1v) is 5.24. The van der Waals surface area contributed by atoms with E-state index in [-0.39, 0.29) is 6.04 Å². The summed E-state index contributed by atoms with van der Waals surface area (Å²) in [6.45, 7) is 2.20. The van der Waals surface area contributed by atoms with E-state index in [2.05, 4.69) is 15.0 Å². The summed E-state index contributed by atoms with van der Waals surface area (Å²) in [5, 5.41) is 6.76. The van der Waals surface area contributed by atoms with Crippen LogP contribution >= 0.6 is 0 Å². The van der Waals surface area contributed by atoms with E-state index in [9.17, 15) is 8.78 Å². The highest BCUT2D eigenvalue weighted by atomic mass is 19.1. The smallest absolute Gasteiger partial charge is 0.128 e. The lowest BCUT2D eigenvalue weighted by Crippen LogP contribution is -2.19. The first-order valence-electron chi connectivity index (χ1n) is 5.24. The Kier molecular flexibility index (Phi) is 3.49. The van der Waals surface area contributed by atoms with Crippen LogP contribution < -0.4 is 5.32 Å². The van der Waals surface area contributed by atoms with Crippen molar-refractivity contribution in [1.82, 2.24) is 10.5 Å². The summed E-state index contributed by atoms with van der Waals surface area (Å²) >= 11 is 0. The summed E-state index contributed by atoms with van der Waals surface area (Å²) < 4.78 is 31.1. The molecular weight excluding hydrogens is 226 g/mol. The van der Waals surface area contributed by atoms with Crippen molar-refractivity contribution in [2.24, 2.45) is 0 Å². The van der Waals surface area contributed by atoms with Gasteiger partial charge in [-0.15, -0.1) is 0 Å². The zero-order valence-electron chi connectivity index (χ0n) is 9.28. The van der Waals surface area contributed by atoms with Gasteiger partial charge in [-0.1, -0.05) is 5.16 Å². The Hall–Kier alpha value is -1.75. The van der Waals surface area contributed by atoms with Crippen LogP contribution in [0.25, 0.3) is 0 Å². The highest BCUT2D eigenvalue weighted by Crippen LogP contribution is 2.18. The van der Waals surface area contributed by atoms with Crippen LogP contribution in [0.1, 0.15) is 24.2 Å². The average Bonchev–Trinajstić information content (AvgIpc) is 2.82. The lowest BCUT2D eigenvalue weighted by Gasteiger charge is -2.14. The third kappa shape index (κ3) is 2.88. The fourth-order valence-corrected chi connectivity index (χ4v) is 1.54. The largest absolute Gasteiger partial charge is 0.364 e. The third-order valence-corrected chi connectivity index (χ3v) is 2.51. The molecule has 1 heterocycles. The van der Waals surface area contributed by atoms with Crippen LogP contribution in [0.2, 0.25) is 0 Å². The van der Waals surface area contributed by atoms with E-state index in [0.29, 0.717) is 17.8 Å². The van der Waals surface area contributed by atoms with Crippen molar-refractivity contribution in [3.63, 3.8) is 0 Å². The molecule has 0 saturated carbocycles. The first-order chi connectivity index (χ1) is 8.16. The van der Waals surface area contributed by atoms with Crippen molar-refractivity contribution in [3.8, 4) is 0 Å². The minimum absolute atomic E-state index is 0.300. The fourth-order valence-electron chi connectivity index (χ4n) is 1.54. The summed E-state index contributed by atoms with van der Waals surface area (Å²) in [5.41, 5.74) is 1.02. The maximum Gasteiger partial charge on any atom is 0.128 e. The Morgan fingerprint density at radius 1 is 1.35 bits per heavy atom. The second-order valence-electron chi connectivity index (χ2n) is 3.76. The van der Waals surface area contributed by atoms with Gasteiger partial charge in [0.2, 0.25) is 0 Å². The molecule has 3 nitrogen and oxygen atoms in total. The van der Waals surface area contributed by atoms with Gasteiger partial charge < -0.3 is 9.84 Å². The molecule has 2 rings (SSSR count). The van der Waals surface area contributed by atoms with E-state index >= 15 is 0 Å². The van der Waals surface area contributed by atoms with Gasteiger partial charge in [0, 0.05) is 24.2 Å². The molecule has 17 heavy (non-hydrogen) atoms. The summed E-state index contributed by atoms with van der Waals surface area (Å²) in [7, 11) is 0. The van der Waals surface area contributed by atoms with Gasteiger partial charge in [0.05, 0.1) is 5.69 Å². The van der Waals surface area contributed by atoms with E-state index in [0.717, 1.165) is 12.1 Å². The quantitative estimate of drug-likeness (QED) is 0.890. The number of benzene rings is 1. The number of hydrogen-bond donors (Lipinski definition) is 1. The highest BCUT2D eigenvalue weighted by Gasteiger charge is 2.11. The Labute approximate surface area is 97.4 Å². The van der Waals surface area contributed by atoms with E-state index in [1.165, 1.54) is 12.3 Å². The van der Waals surface area contributed by atoms with Gasteiger partial charge in [0.25, 0.3) is 0 Å². The molecule has 2 aromatic rings. The third-order valence-electron chi connectivity index (χ3n) is 2.51. The van der Waals surface area contributed by atoms with Crippen molar-refractivity contribution >= 4 is 0 Å². The molecule has 0 aliphatic rings. The first kappa shape index (κ1) is 11.7. The molecule has 0 amide bonds. The number of aromatic nitrogens is 1. The van der Waals surface area contributed by atoms with Crippen LogP contribution in [0.5, 0.6) is 0 Å². The Bertz CT molecular complexity index is 485. The molecule has 0 aliphatic heterocycles. The van der Waals surface area contributed by atoms with Crippen LogP contribution in [-0.4, -0.2) is 5.16 Å². The zero-order chi connectivity index (χ0) is 12.3. The van der Waals surface area contributed by atoms with Crippen molar-refractivity contribution in [1.29, 1.82) is 0 Å². The van der Waals surface area contributed by atoms with Crippen molar-refractivity contribution in [2.45, 2.75) is 19.5 Å². The Morgan fingerprint density at radius 2 is 2.18 bits per heavy atom. The molecule has 1 unspecified atom stereocenters. The molecule has 0 spiro atoms. The van der Waals surface area contributed by atoms with Gasteiger partial charge in [-0.3, -0.25) is 0 Å². The van der Waals surface area contributed by atoms with E-state index in [1.807, 2.05) is 0 Å². The van der Waals surface area contributed by atoms with Crippen molar-refractivity contribution in [3.05, 3.63) is 53.4 Å². The second kappa shape index (κ2) is 5.05. The number of rotatable bonds is 4. The predicted molar refractivity (Wildman–Crippen MR) is 58.1 cm³/mol. The van der Waals surface area contributed by atoms with Gasteiger partial charge >= 0.3 is 0 Å². The van der Waals surface area contributed by atoms with Gasteiger partial charge in [0.1, 0.15) is 17.9 Å². The van der Waals surface area contributed by atoms with Gasteiger partial charge in [0.15, 0.2) is 0 Å². The maximum absolute atomic E-state index is 13.4. The van der Waals surface area contributed by atoms with Crippen LogP contribution in [-0.2, 0) is 6.54 Å². The van der Waals surface area contributed by atoms with Gasteiger partial charge in [-0.2, -0.15) is 0 Å². The zero-order valence-corrected chi connectivity index (χ0v) is 9.28. The van der Waals surface area contributed by atoms with Gasteiger partial charge in [-0.05, 0) is 25.1 Å². The lowest BCUT2D eigenvalue weighted by molar-refractivity contribution is 0.405. The molecule has 90 valence electrons. The number of hydrogen-bond acceptors (Lipinski definition) is 3. The molecule has 1 atom stereocenters. The predicted octanol–water partition coefficient (Wildman–Crippen LogP) is 2.80. The van der Waals surface area contributed by atoms with Crippen LogP contribution in [0.15, 0.2) is 35.1 Å². The second-order valence-corrected chi connectivity index (χ2v) is 3.76. The molecule has 5 heteroatoms. The molecular formula is C12H12F2N2O. The number of nitrogens with one attached hydrogen (secondary N) is 1. The summed E-state index contributed by atoms with van der Waals surface area (Å²) in [6, 6.07) is 4.82. The highest BCUT2D eigenvalue weighted by molar-refractivity contribution is 5.21. The molecule has 0 fully saturated rings. The Morgan fingerprint density at radius 3 is 2.88 bits per heavy atom. The van der Waals surface area contributed by atoms with E-state index < -0.39 is 11.6 Å². The maximum atomic E-state index is 13.4. The van der Waals surface area contributed by atoms with Gasteiger partial charge in [-0.25, -0.2) is 8.78 Å². The van der Waals surface area contributed by atoms with Crippen LogP contribution in [0, 0.1) is 11.6 Å². The van der Waals surface area contributed by atoms with Crippen molar-refractivity contribution < 1.29 is 13.3 Å². The molecule has 1 N–H and O–H groups in total. The molecule has 1 aromatic heterocycles. The fraction of sp³-hybridized carbons (Fsp3) is 0.250. The van der Waals surface area contributed by atoms with Crippen LogP contribution in [0.4, 0.5) is 8.78 Å². The molecule has 0 aliphatic carbocycles. The normalized spacial score (nSPS) is 12.6. The summed E-state index contributed by atoms with van der Waals surface area (Å²) in [5.74, 6) is -0.872. The number of halogens is 2. The lowest BCUT2D eigenvalue weighted by atomic mass is 10.1. The van der Waals surface area contributed by atoms with Crippen LogP contribution in [0.3, 0.4) is 0 Å². The Balaban J connectivity index is 2.04. The van der Waals surface area contributed by atoms with E-state index in [1.54, 1.807) is 13.0 Å². The van der Waals surface area contributed by atoms with Crippen molar-refractivity contribution in [2.75, 3.05) is 0 Å². The topological polar surface area (TPSA) is 38.1 Å². The minimum Gasteiger partial charge on any atom is -0.364 e. The van der Waals surface area contributed by atoms with E-state index in [4.69, 9.17) is 0 Å². The monoisotopic (exact) mass is 238 g/mol. The molecule has 0 saturated heterocycles. The average molecular weight is 238 g/mol. The summed E-state index contributed by atoms with van der Waals surface area (Å²) in [6.07, 6.45) is 1.46.